The van der Waals surface area contributed by atoms with Crippen LogP contribution in [0.5, 0.6) is 0 Å². The van der Waals surface area contributed by atoms with Crippen molar-refractivity contribution in [1.82, 2.24) is 15.5 Å². The van der Waals surface area contributed by atoms with Crippen LogP contribution in [0.2, 0.25) is 0 Å². The van der Waals surface area contributed by atoms with Crippen molar-refractivity contribution in [2.24, 2.45) is 9.98 Å². The van der Waals surface area contributed by atoms with Crippen molar-refractivity contribution in [3.8, 4) is 0 Å². The molecule has 2 atom stereocenters. The number of para-hydroxylation sites is 1. The number of amidine groups is 2. The third-order valence-corrected chi connectivity index (χ3v) is 8.09. The summed E-state index contributed by atoms with van der Waals surface area (Å²) in [5.41, 5.74) is 1.39. The minimum absolute atomic E-state index is 0.0643. The Balaban J connectivity index is 1.32. The van der Waals surface area contributed by atoms with E-state index in [9.17, 15) is 14.4 Å². The van der Waals surface area contributed by atoms with Gasteiger partial charge in [-0.3, -0.25) is 19.4 Å². The molecule has 4 heterocycles. The van der Waals surface area contributed by atoms with Gasteiger partial charge in [-0.25, -0.2) is 9.89 Å². The molecule has 3 amide bonds. The van der Waals surface area contributed by atoms with E-state index in [-0.39, 0.29) is 30.7 Å². The first-order chi connectivity index (χ1) is 18.0. The number of rotatable bonds is 9. The van der Waals surface area contributed by atoms with Gasteiger partial charge in [-0.05, 0) is 42.1 Å². The highest BCUT2D eigenvalue weighted by atomic mass is 32.2. The summed E-state index contributed by atoms with van der Waals surface area (Å²) in [4.78, 5) is 50.9. The van der Waals surface area contributed by atoms with Crippen LogP contribution in [0.1, 0.15) is 36.0 Å². The summed E-state index contributed by atoms with van der Waals surface area (Å²) in [5.74, 6) is 0.355. The number of thiophene rings is 1. The summed E-state index contributed by atoms with van der Waals surface area (Å²) >= 11 is 2.77. The first kappa shape index (κ1) is 25.0. The van der Waals surface area contributed by atoms with E-state index in [1.165, 1.54) is 16.7 Å². The summed E-state index contributed by atoms with van der Waals surface area (Å²) < 4.78 is 5.29. The Labute approximate surface area is 222 Å². The number of benzene rings is 1. The second-order valence-corrected chi connectivity index (χ2v) is 10.6. The predicted octanol–water partition coefficient (Wildman–Crippen LogP) is 3.83. The number of aliphatic imine (C=N–C) groups is 2. The standard InChI is InChI=1S/C26H25N5O4S2/c1-2-21(24(33)28-14-16-7-5-11-35-16)37-26-30-19-10-4-3-9-18(19)23-29-20(25(34)31(23)26)13-22(32)27-15-17-8-6-12-36-17/h3-12,20-21H,2,13-15H2,1H3,(H,27,32)(H,28,33)/t20-,21+/m0/s1. The zero-order valence-electron chi connectivity index (χ0n) is 20.0. The lowest BCUT2D eigenvalue weighted by Gasteiger charge is -2.27. The molecule has 0 saturated carbocycles. The SMILES string of the molecule is CC[C@@H](SC1=Nc2ccccc2C2=N[C@@H](CC(=O)NCc3cccs3)C(=O)N12)C(=O)NCc1ccco1. The highest BCUT2D eigenvalue weighted by Crippen LogP contribution is 2.35. The van der Waals surface area contributed by atoms with E-state index in [0.717, 1.165) is 10.4 Å². The van der Waals surface area contributed by atoms with Gasteiger partial charge in [0.2, 0.25) is 11.8 Å². The minimum Gasteiger partial charge on any atom is -0.467 e. The van der Waals surface area contributed by atoms with Gasteiger partial charge in [-0.1, -0.05) is 36.9 Å². The maximum absolute atomic E-state index is 13.5. The Morgan fingerprint density at radius 3 is 2.76 bits per heavy atom. The number of carbonyl (C=O) groups excluding carboxylic acids is 3. The summed E-state index contributed by atoms with van der Waals surface area (Å²) in [7, 11) is 0. The topological polar surface area (TPSA) is 116 Å². The monoisotopic (exact) mass is 535 g/mol. The summed E-state index contributed by atoms with van der Waals surface area (Å²) in [6.45, 7) is 2.59. The molecule has 1 aromatic carbocycles. The van der Waals surface area contributed by atoms with Gasteiger partial charge in [0.1, 0.15) is 17.6 Å². The highest BCUT2D eigenvalue weighted by molar-refractivity contribution is 8.15. The van der Waals surface area contributed by atoms with E-state index in [0.29, 0.717) is 35.4 Å². The largest absolute Gasteiger partial charge is 0.467 e. The predicted molar refractivity (Wildman–Crippen MR) is 144 cm³/mol. The molecule has 3 aromatic rings. The van der Waals surface area contributed by atoms with Gasteiger partial charge in [0.15, 0.2) is 5.17 Å². The Morgan fingerprint density at radius 1 is 1.14 bits per heavy atom. The maximum atomic E-state index is 13.5. The van der Waals surface area contributed by atoms with Gasteiger partial charge >= 0.3 is 0 Å². The number of carbonyl (C=O) groups is 3. The third kappa shape index (κ3) is 5.52. The van der Waals surface area contributed by atoms with Crippen LogP contribution in [-0.4, -0.2) is 44.9 Å². The molecule has 0 bridgehead atoms. The first-order valence-electron chi connectivity index (χ1n) is 11.9. The number of fused-ring (bicyclic) bond motifs is 3. The van der Waals surface area contributed by atoms with Crippen molar-refractivity contribution in [2.45, 2.75) is 44.1 Å². The highest BCUT2D eigenvalue weighted by Gasteiger charge is 2.43. The van der Waals surface area contributed by atoms with Crippen LogP contribution in [0, 0.1) is 0 Å². The second-order valence-electron chi connectivity index (χ2n) is 8.43. The lowest BCUT2D eigenvalue weighted by atomic mass is 10.1. The van der Waals surface area contributed by atoms with E-state index < -0.39 is 11.3 Å². The van der Waals surface area contributed by atoms with Gasteiger partial charge in [0.05, 0.1) is 36.7 Å². The molecule has 0 spiro atoms. The van der Waals surface area contributed by atoms with E-state index in [1.807, 2.05) is 48.7 Å². The Kier molecular flexibility index (Phi) is 7.52. The van der Waals surface area contributed by atoms with E-state index >= 15 is 0 Å². The fourth-order valence-electron chi connectivity index (χ4n) is 4.01. The van der Waals surface area contributed by atoms with Crippen molar-refractivity contribution in [3.05, 3.63) is 76.4 Å². The van der Waals surface area contributed by atoms with Crippen molar-refractivity contribution in [1.29, 1.82) is 0 Å². The van der Waals surface area contributed by atoms with E-state index in [1.54, 1.807) is 29.7 Å². The average molecular weight is 536 g/mol. The summed E-state index contributed by atoms with van der Waals surface area (Å²) in [6, 6.07) is 14.0. The molecule has 0 saturated heterocycles. The van der Waals surface area contributed by atoms with Gasteiger partial charge in [0, 0.05) is 10.4 Å². The smallest absolute Gasteiger partial charge is 0.259 e. The Hall–Kier alpha value is -3.70. The minimum atomic E-state index is -0.858. The van der Waals surface area contributed by atoms with Crippen LogP contribution in [0.25, 0.3) is 0 Å². The molecule has 37 heavy (non-hydrogen) atoms. The molecule has 2 N–H and O–H groups in total. The van der Waals surface area contributed by atoms with Crippen LogP contribution < -0.4 is 10.6 Å². The van der Waals surface area contributed by atoms with Gasteiger partial charge < -0.3 is 15.1 Å². The lowest BCUT2D eigenvalue weighted by molar-refractivity contribution is -0.128. The van der Waals surface area contributed by atoms with Crippen molar-refractivity contribution >= 4 is 57.5 Å². The molecular formula is C26H25N5O4S2. The fourth-order valence-corrected chi connectivity index (χ4v) is 5.70. The molecule has 11 heteroatoms. The second kappa shape index (κ2) is 11.1. The molecule has 2 aromatic heterocycles. The Morgan fingerprint density at radius 2 is 2.00 bits per heavy atom. The molecular weight excluding hydrogens is 510 g/mol. The molecule has 2 aliphatic rings. The number of nitrogens with zero attached hydrogens (tertiary/aromatic N) is 3. The summed E-state index contributed by atoms with van der Waals surface area (Å²) in [6.07, 6.45) is 2.02. The van der Waals surface area contributed by atoms with Crippen molar-refractivity contribution in [2.75, 3.05) is 0 Å². The average Bonchev–Trinajstić information content (AvgIpc) is 3.67. The van der Waals surface area contributed by atoms with Crippen LogP contribution in [-0.2, 0) is 27.5 Å². The maximum Gasteiger partial charge on any atom is 0.259 e. The molecule has 190 valence electrons. The van der Waals surface area contributed by atoms with Crippen LogP contribution in [0.3, 0.4) is 0 Å². The summed E-state index contributed by atoms with van der Waals surface area (Å²) in [5, 5.41) is 7.58. The first-order valence-corrected chi connectivity index (χ1v) is 13.6. The molecule has 0 aliphatic carbocycles. The van der Waals surface area contributed by atoms with E-state index in [4.69, 9.17) is 9.41 Å². The van der Waals surface area contributed by atoms with Crippen LogP contribution >= 0.6 is 23.1 Å². The molecule has 9 nitrogen and oxygen atoms in total. The molecule has 0 unspecified atom stereocenters. The zero-order valence-corrected chi connectivity index (χ0v) is 21.7. The molecule has 0 fully saturated rings. The number of hydrogen-bond acceptors (Lipinski definition) is 8. The van der Waals surface area contributed by atoms with Crippen LogP contribution in [0.4, 0.5) is 5.69 Å². The van der Waals surface area contributed by atoms with Crippen LogP contribution in [0.15, 0.2) is 74.6 Å². The number of hydrogen-bond donors (Lipinski definition) is 2. The van der Waals surface area contributed by atoms with Gasteiger partial charge in [-0.2, -0.15) is 0 Å². The van der Waals surface area contributed by atoms with E-state index in [2.05, 4.69) is 15.6 Å². The Bertz CT molecular complexity index is 1350. The zero-order chi connectivity index (χ0) is 25.8. The molecule has 5 rings (SSSR count). The lowest BCUT2D eigenvalue weighted by Crippen LogP contribution is -2.43. The fraction of sp³-hybridized carbons (Fsp3) is 0.269. The quantitative estimate of drug-likeness (QED) is 0.432. The number of furan rings is 1. The number of amides is 3. The normalized spacial score (nSPS) is 16.9. The van der Waals surface area contributed by atoms with Crippen molar-refractivity contribution < 1.29 is 18.8 Å². The number of thioether (sulfide) groups is 1. The number of nitrogens with one attached hydrogen (secondary N) is 2. The molecule has 2 aliphatic heterocycles. The van der Waals surface area contributed by atoms with Gasteiger partial charge in [0.25, 0.3) is 5.91 Å². The van der Waals surface area contributed by atoms with Gasteiger partial charge in [-0.15, -0.1) is 11.3 Å². The van der Waals surface area contributed by atoms with Crippen molar-refractivity contribution in [3.63, 3.8) is 0 Å². The third-order valence-electron chi connectivity index (χ3n) is 5.89. The molecule has 0 radical (unpaired) electrons.